The molecule has 0 amide bonds. The number of nitrogens with zero attached hydrogens (tertiary/aromatic N) is 2. The van der Waals surface area contributed by atoms with Gasteiger partial charge in [0.2, 0.25) is 0 Å². The maximum absolute atomic E-state index is 6.04. The monoisotopic (exact) mass is 460 g/mol. The fourth-order valence-electron chi connectivity index (χ4n) is 4.80. The van der Waals surface area contributed by atoms with Gasteiger partial charge in [-0.05, 0) is 60.8 Å². The van der Waals surface area contributed by atoms with Gasteiger partial charge >= 0.3 is 0 Å². The van der Waals surface area contributed by atoms with Crippen LogP contribution in [0, 0.1) is 11.8 Å². The average Bonchev–Trinajstić information content (AvgIpc) is 3.48. The van der Waals surface area contributed by atoms with Gasteiger partial charge in [-0.1, -0.05) is 76.2 Å². The lowest BCUT2D eigenvalue weighted by Crippen LogP contribution is -2.25. The second-order valence-electron chi connectivity index (χ2n) is 10.8. The maximum Gasteiger partial charge on any atom is 0.191 e. The molecular formula is C30H40N2O2. The summed E-state index contributed by atoms with van der Waals surface area (Å²) in [4.78, 5) is 9.86. The fourth-order valence-corrected chi connectivity index (χ4v) is 4.80. The summed E-state index contributed by atoms with van der Waals surface area (Å²) in [5.74, 6) is 3.26. The number of rotatable bonds is 9. The Hall–Kier alpha value is -2.62. The molecule has 182 valence electrons. The van der Waals surface area contributed by atoms with Crippen molar-refractivity contribution < 1.29 is 9.47 Å². The molecule has 2 aliphatic heterocycles. The summed E-state index contributed by atoms with van der Waals surface area (Å²) in [5, 5.41) is 0. The highest BCUT2D eigenvalue weighted by Gasteiger charge is 2.35. The molecule has 2 aromatic carbocycles. The van der Waals surface area contributed by atoms with E-state index in [4.69, 9.17) is 19.5 Å². The molecule has 0 aromatic heterocycles. The minimum Gasteiger partial charge on any atom is -0.478 e. The lowest BCUT2D eigenvalue weighted by Gasteiger charge is -2.12. The van der Waals surface area contributed by atoms with Crippen LogP contribution in [0.3, 0.4) is 0 Å². The van der Waals surface area contributed by atoms with Gasteiger partial charge in [0.05, 0.1) is 11.8 Å². The predicted octanol–water partition coefficient (Wildman–Crippen LogP) is 6.59. The minimum atomic E-state index is 0.0239. The first kappa shape index (κ1) is 24.5. The standard InChI is InChI=1S/C30H40N2O2/c1-19(2)15-23-7-11-25(12-8-23)21(5)29-31-27(17-33-29)28-18-34-30(32-28)22(6)26-13-9-24(10-14-26)16-20(3)4/h7-14,19-22,27-28H,15-18H2,1-6H3/t21-,22-,27-,28-/m0/s1. The topological polar surface area (TPSA) is 43.2 Å². The lowest BCUT2D eigenvalue weighted by atomic mass is 9.96. The molecule has 2 heterocycles. The number of aliphatic imine (C=N–C) groups is 2. The normalized spacial score (nSPS) is 21.8. The summed E-state index contributed by atoms with van der Waals surface area (Å²) < 4.78 is 12.1. The number of hydrogen-bond acceptors (Lipinski definition) is 4. The van der Waals surface area contributed by atoms with E-state index < -0.39 is 0 Å². The zero-order valence-electron chi connectivity index (χ0n) is 21.6. The van der Waals surface area contributed by atoms with Gasteiger partial charge in [-0.2, -0.15) is 0 Å². The van der Waals surface area contributed by atoms with E-state index >= 15 is 0 Å². The molecule has 0 bridgehead atoms. The van der Waals surface area contributed by atoms with Crippen LogP contribution in [0.25, 0.3) is 0 Å². The second-order valence-corrected chi connectivity index (χ2v) is 10.8. The van der Waals surface area contributed by atoms with Crippen molar-refractivity contribution in [3.05, 3.63) is 70.8 Å². The van der Waals surface area contributed by atoms with Crippen LogP contribution in [0.15, 0.2) is 58.5 Å². The molecular weight excluding hydrogens is 420 g/mol. The molecule has 4 atom stereocenters. The summed E-state index contributed by atoms with van der Waals surface area (Å²) >= 11 is 0. The maximum atomic E-state index is 6.04. The quantitative estimate of drug-likeness (QED) is 0.424. The van der Waals surface area contributed by atoms with Crippen molar-refractivity contribution in [2.45, 2.75) is 78.3 Å². The Kier molecular flexibility index (Phi) is 7.75. The van der Waals surface area contributed by atoms with Crippen LogP contribution >= 0.6 is 0 Å². The summed E-state index contributed by atoms with van der Waals surface area (Å²) in [6.07, 6.45) is 2.22. The molecule has 0 fully saturated rings. The molecule has 0 saturated carbocycles. The smallest absolute Gasteiger partial charge is 0.191 e. The van der Waals surface area contributed by atoms with Crippen LogP contribution in [0.4, 0.5) is 0 Å². The molecule has 0 spiro atoms. The zero-order chi connectivity index (χ0) is 24.2. The SMILES string of the molecule is CC(C)Cc1ccc([C@H](C)C2=N[C@H]([C@@H]3COC([C@@H](C)c4ccc(CC(C)C)cc4)=N3)CO2)cc1. The minimum absolute atomic E-state index is 0.0239. The molecule has 4 heteroatoms. The highest BCUT2D eigenvalue weighted by atomic mass is 16.5. The van der Waals surface area contributed by atoms with E-state index in [1.54, 1.807) is 0 Å². The van der Waals surface area contributed by atoms with Gasteiger partial charge in [0, 0.05) is 0 Å². The van der Waals surface area contributed by atoms with Crippen LogP contribution in [0.5, 0.6) is 0 Å². The zero-order valence-corrected chi connectivity index (χ0v) is 21.6. The van der Waals surface area contributed by atoms with Crippen LogP contribution in [0.2, 0.25) is 0 Å². The number of hydrogen-bond donors (Lipinski definition) is 0. The lowest BCUT2D eigenvalue weighted by molar-refractivity contribution is 0.256. The van der Waals surface area contributed by atoms with Crippen molar-refractivity contribution in [1.29, 1.82) is 0 Å². The molecule has 0 unspecified atom stereocenters. The van der Waals surface area contributed by atoms with Crippen LogP contribution < -0.4 is 0 Å². The summed E-state index contributed by atoms with van der Waals surface area (Å²) in [6.45, 7) is 14.5. The van der Waals surface area contributed by atoms with E-state index in [0.29, 0.717) is 25.0 Å². The summed E-state index contributed by atoms with van der Waals surface area (Å²) in [7, 11) is 0. The average molecular weight is 461 g/mol. The molecule has 4 nitrogen and oxygen atoms in total. The van der Waals surface area contributed by atoms with Crippen molar-refractivity contribution in [2.75, 3.05) is 13.2 Å². The van der Waals surface area contributed by atoms with Crippen molar-refractivity contribution >= 4 is 11.8 Å². The van der Waals surface area contributed by atoms with Crippen LogP contribution in [-0.4, -0.2) is 37.1 Å². The van der Waals surface area contributed by atoms with Gasteiger partial charge in [-0.3, -0.25) is 0 Å². The Morgan fingerprint density at radius 1 is 0.618 bits per heavy atom. The van der Waals surface area contributed by atoms with Crippen molar-refractivity contribution in [3.63, 3.8) is 0 Å². The van der Waals surface area contributed by atoms with E-state index in [0.717, 1.165) is 24.6 Å². The molecule has 4 rings (SSSR count). The largest absolute Gasteiger partial charge is 0.478 e. The number of benzene rings is 2. The first-order valence-corrected chi connectivity index (χ1v) is 12.9. The molecule has 34 heavy (non-hydrogen) atoms. The molecule has 0 aliphatic carbocycles. The van der Waals surface area contributed by atoms with Gasteiger partial charge in [-0.25, -0.2) is 9.98 Å². The fraction of sp³-hybridized carbons (Fsp3) is 0.533. The Morgan fingerprint density at radius 3 is 1.29 bits per heavy atom. The van der Waals surface area contributed by atoms with E-state index in [-0.39, 0.29) is 23.9 Å². The molecule has 2 aliphatic rings. The number of ether oxygens (including phenoxy) is 2. The predicted molar refractivity (Wildman–Crippen MR) is 141 cm³/mol. The van der Waals surface area contributed by atoms with Gasteiger partial charge in [0.25, 0.3) is 0 Å². The van der Waals surface area contributed by atoms with E-state index in [1.165, 1.54) is 22.3 Å². The van der Waals surface area contributed by atoms with Crippen molar-refractivity contribution in [2.24, 2.45) is 21.8 Å². The van der Waals surface area contributed by atoms with E-state index in [2.05, 4.69) is 90.1 Å². The Bertz CT molecular complexity index is 922. The Balaban J connectivity index is 1.38. The van der Waals surface area contributed by atoms with Gasteiger partial charge < -0.3 is 9.47 Å². The Morgan fingerprint density at radius 2 is 0.971 bits per heavy atom. The van der Waals surface area contributed by atoms with Gasteiger partial charge in [0.1, 0.15) is 25.3 Å². The van der Waals surface area contributed by atoms with E-state index in [1.807, 2.05) is 0 Å². The van der Waals surface area contributed by atoms with Crippen molar-refractivity contribution in [1.82, 2.24) is 0 Å². The third kappa shape index (κ3) is 5.89. The first-order valence-electron chi connectivity index (χ1n) is 12.9. The van der Waals surface area contributed by atoms with Crippen LogP contribution in [0.1, 0.15) is 75.6 Å². The van der Waals surface area contributed by atoms with Crippen LogP contribution in [-0.2, 0) is 22.3 Å². The third-order valence-electron chi connectivity index (χ3n) is 6.82. The molecule has 0 saturated heterocycles. The summed E-state index contributed by atoms with van der Waals surface area (Å²) in [5.41, 5.74) is 5.25. The first-order chi connectivity index (χ1) is 16.3. The summed E-state index contributed by atoms with van der Waals surface area (Å²) in [6, 6.07) is 17.8. The highest BCUT2D eigenvalue weighted by Crippen LogP contribution is 2.28. The molecule has 0 N–H and O–H groups in total. The van der Waals surface area contributed by atoms with E-state index in [9.17, 15) is 0 Å². The molecule has 0 radical (unpaired) electrons. The van der Waals surface area contributed by atoms with Crippen molar-refractivity contribution in [3.8, 4) is 0 Å². The van der Waals surface area contributed by atoms with Gasteiger partial charge in [0.15, 0.2) is 11.8 Å². The highest BCUT2D eigenvalue weighted by molar-refractivity contribution is 5.86. The Labute approximate surface area is 205 Å². The second kappa shape index (κ2) is 10.8. The van der Waals surface area contributed by atoms with Gasteiger partial charge in [-0.15, -0.1) is 0 Å². The third-order valence-corrected chi connectivity index (χ3v) is 6.82. The molecule has 2 aromatic rings.